The summed E-state index contributed by atoms with van der Waals surface area (Å²) in [6.07, 6.45) is -0.937. The van der Waals surface area contributed by atoms with E-state index >= 15 is 0 Å². The van der Waals surface area contributed by atoms with Gasteiger partial charge in [0.1, 0.15) is 54.5 Å². The number of aliphatic hydroxyl groups is 6. The first kappa shape index (κ1) is 34.5. The molecule has 1 saturated heterocycles. The summed E-state index contributed by atoms with van der Waals surface area (Å²) in [6.45, 7) is 2.92. The summed E-state index contributed by atoms with van der Waals surface area (Å²) >= 11 is 0. The van der Waals surface area contributed by atoms with Crippen molar-refractivity contribution in [1.29, 1.82) is 0 Å². The quantitative estimate of drug-likeness (QED) is 0.0540. The molecule has 0 aromatic carbocycles. The Kier molecular flexibility index (Phi) is 11.8. The maximum Gasteiger partial charge on any atom is 0.341 e. The highest BCUT2D eigenvalue weighted by Crippen LogP contribution is 2.40. The number of methoxy groups -OCH3 is 1. The van der Waals surface area contributed by atoms with Crippen molar-refractivity contribution < 1.29 is 73.9 Å². The molecule has 0 aromatic heterocycles. The number of carboxylic acid groups (broad SMARTS) is 1. The lowest BCUT2D eigenvalue weighted by atomic mass is 9.78. The first-order valence-electron chi connectivity index (χ1n) is 13.3. The van der Waals surface area contributed by atoms with Crippen LogP contribution in [0.2, 0.25) is 0 Å². The third kappa shape index (κ3) is 7.39. The molecule has 43 heavy (non-hydrogen) atoms. The molecule has 9 N–H and O–H groups in total. The van der Waals surface area contributed by atoms with Crippen molar-refractivity contribution in [1.82, 2.24) is 5.32 Å². The molecule has 0 bridgehead atoms. The van der Waals surface area contributed by atoms with Crippen molar-refractivity contribution in [2.24, 2.45) is 5.92 Å². The molecule has 16 nitrogen and oxygen atoms in total. The number of carbonyl (C=O) groups is 2. The summed E-state index contributed by atoms with van der Waals surface area (Å²) in [6, 6.07) is 0. The van der Waals surface area contributed by atoms with Crippen LogP contribution in [0.4, 0.5) is 0 Å². The molecule has 3 heterocycles. The summed E-state index contributed by atoms with van der Waals surface area (Å²) in [7, 11) is 2.60. The lowest BCUT2D eigenvalue weighted by Crippen LogP contribution is -3.08. The number of aliphatic carboxylic acids is 1. The largest absolute Gasteiger partial charge is 0.477 e. The number of hydrogen-bond acceptors (Lipinski definition) is 14. The van der Waals surface area contributed by atoms with Crippen LogP contribution in [-0.2, 0) is 33.3 Å². The minimum Gasteiger partial charge on any atom is -0.477 e. The second-order valence-electron chi connectivity index (χ2n) is 10.1. The van der Waals surface area contributed by atoms with E-state index in [-0.39, 0.29) is 37.6 Å². The molecule has 8 atom stereocenters. The van der Waals surface area contributed by atoms with Gasteiger partial charge in [0.2, 0.25) is 12.1 Å². The van der Waals surface area contributed by atoms with Gasteiger partial charge in [-0.3, -0.25) is 5.32 Å². The molecule has 0 aromatic rings. The van der Waals surface area contributed by atoms with Crippen LogP contribution in [0.25, 0.3) is 0 Å². The zero-order chi connectivity index (χ0) is 31.9. The van der Waals surface area contributed by atoms with Gasteiger partial charge >= 0.3 is 11.9 Å². The average molecular weight is 616 g/mol. The second kappa shape index (κ2) is 14.7. The number of rotatable bonds is 13. The van der Waals surface area contributed by atoms with E-state index in [1.807, 2.05) is 0 Å². The third-order valence-electron chi connectivity index (χ3n) is 7.19. The smallest absolute Gasteiger partial charge is 0.341 e. The van der Waals surface area contributed by atoms with Gasteiger partial charge in [0.05, 0.1) is 33.0 Å². The molecule has 3 rings (SSSR count). The van der Waals surface area contributed by atoms with Crippen LogP contribution in [0, 0.1) is 5.92 Å². The van der Waals surface area contributed by atoms with Crippen LogP contribution in [0.1, 0.15) is 0 Å². The van der Waals surface area contributed by atoms with Gasteiger partial charge in [0, 0.05) is 5.57 Å². The van der Waals surface area contributed by atoms with E-state index in [2.05, 4.69) is 11.9 Å². The van der Waals surface area contributed by atoms with Crippen molar-refractivity contribution in [3.8, 4) is 0 Å². The van der Waals surface area contributed by atoms with Crippen LogP contribution in [-0.4, -0.2) is 137 Å². The third-order valence-corrected chi connectivity index (χ3v) is 7.19. The Hall–Kier alpha value is -3.00. The Morgan fingerprint density at radius 2 is 1.98 bits per heavy atom. The molecular weight excluding hydrogens is 576 g/mol. The molecule has 16 heteroatoms. The maximum absolute atomic E-state index is 12.7. The number of carbonyl (C=O) groups excluding carboxylic acids is 1. The molecule has 0 spiro atoms. The van der Waals surface area contributed by atoms with E-state index in [4.69, 9.17) is 23.7 Å². The van der Waals surface area contributed by atoms with Gasteiger partial charge in [-0.1, -0.05) is 12.2 Å². The molecule has 0 saturated carbocycles. The van der Waals surface area contributed by atoms with Gasteiger partial charge in [0.25, 0.3) is 0 Å². The molecule has 1 fully saturated rings. The standard InChI is InChI=1S/C27H38N2O14/c1-4-17-24(43-25-21(41-14-28-2)27(37,38)20(32)19(12-31)42-25)40-13-18(23(35)39-3)26(17,36)6-5-15-9-16(22(33)34)11-29(10-15)7-8-30/h4-6,9,11,13,17,19-21,24-25,28,30-32,36-38H,1,7-8,10,12,14H2,2-3H3,(H,33,34)/p+1/b6-5+/t17-,19+,20+,21-,24-,25-,26+/m0/s1. The number of quaternary nitrogens is 1. The SMILES string of the molecule is C=C[C@H]1[C@H](O[C@@H]2O[C@H](CO)[C@@H](O)C(O)(O)[C@H]2OCNC)OC=C(C(=O)OC)[C@@]1(O)/C=C/C1=CC(C(=O)O)=C[NH+](CCO)C1. The fourth-order valence-corrected chi connectivity index (χ4v) is 4.94. The van der Waals surface area contributed by atoms with Gasteiger partial charge in [-0.05, 0) is 19.2 Å². The maximum atomic E-state index is 12.7. The van der Waals surface area contributed by atoms with E-state index in [9.17, 15) is 45.3 Å². The Morgan fingerprint density at radius 3 is 2.56 bits per heavy atom. The highest BCUT2D eigenvalue weighted by atomic mass is 16.8. The van der Waals surface area contributed by atoms with Gasteiger partial charge in [0.15, 0.2) is 12.4 Å². The predicted molar refractivity (Wildman–Crippen MR) is 143 cm³/mol. The van der Waals surface area contributed by atoms with Crippen LogP contribution in [0.3, 0.4) is 0 Å². The van der Waals surface area contributed by atoms with Crippen LogP contribution < -0.4 is 10.2 Å². The van der Waals surface area contributed by atoms with Crippen molar-refractivity contribution in [2.45, 2.75) is 42.3 Å². The lowest BCUT2D eigenvalue weighted by Gasteiger charge is -2.48. The van der Waals surface area contributed by atoms with E-state index in [0.717, 1.165) is 13.4 Å². The molecule has 0 aliphatic carbocycles. The van der Waals surface area contributed by atoms with Gasteiger partial charge in [-0.15, -0.1) is 6.58 Å². The number of nitrogens with one attached hydrogen (secondary N) is 2. The van der Waals surface area contributed by atoms with Gasteiger partial charge < -0.3 is 64.3 Å². The highest BCUT2D eigenvalue weighted by molar-refractivity contribution is 5.91. The molecule has 0 amide bonds. The van der Waals surface area contributed by atoms with Crippen LogP contribution in [0.5, 0.6) is 0 Å². The molecule has 3 aliphatic rings. The summed E-state index contributed by atoms with van der Waals surface area (Å²) < 4.78 is 27.3. The normalized spacial score (nSPS) is 34.0. The van der Waals surface area contributed by atoms with Gasteiger partial charge in [-0.25, -0.2) is 9.59 Å². The molecule has 0 radical (unpaired) electrons. The fraction of sp³-hybridized carbons (Fsp3) is 0.556. The average Bonchev–Trinajstić information content (AvgIpc) is 2.97. The lowest BCUT2D eigenvalue weighted by molar-refractivity contribution is -0.842. The Labute approximate surface area is 247 Å². The zero-order valence-corrected chi connectivity index (χ0v) is 23.7. The number of esters is 1. The van der Waals surface area contributed by atoms with E-state index < -0.39 is 66.7 Å². The fourth-order valence-electron chi connectivity index (χ4n) is 4.94. The number of ether oxygens (including phenoxy) is 5. The van der Waals surface area contributed by atoms with E-state index in [0.29, 0.717) is 10.5 Å². The topological polar surface area (TPSA) is 238 Å². The second-order valence-corrected chi connectivity index (χ2v) is 10.1. The summed E-state index contributed by atoms with van der Waals surface area (Å²) in [5.74, 6) is -6.43. The monoisotopic (exact) mass is 615 g/mol. The first-order valence-corrected chi connectivity index (χ1v) is 13.3. The Morgan fingerprint density at radius 1 is 1.26 bits per heavy atom. The van der Waals surface area contributed by atoms with Crippen molar-refractivity contribution >= 4 is 11.9 Å². The van der Waals surface area contributed by atoms with Crippen LogP contribution in [0.15, 0.2) is 60.1 Å². The number of hydrogen-bond donors (Lipinski definition) is 9. The number of carboxylic acids is 1. The Balaban J connectivity index is 2.00. The molecule has 3 aliphatic heterocycles. The van der Waals surface area contributed by atoms with Crippen molar-refractivity contribution in [3.63, 3.8) is 0 Å². The van der Waals surface area contributed by atoms with E-state index in [1.54, 1.807) is 0 Å². The zero-order valence-electron chi connectivity index (χ0n) is 23.7. The minimum atomic E-state index is -2.96. The number of aliphatic hydroxyl groups excluding tert-OH is 3. The molecule has 240 valence electrons. The van der Waals surface area contributed by atoms with Crippen molar-refractivity contribution in [2.75, 3.05) is 47.2 Å². The molecular formula is C27H39N2O14+. The minimum absolute atomic E-state index is 0.0438. The van der Waals surface area contributed by atoms with Crippen molar-refractivity contribution in [3.05, 3.63) is 60.1 Å². The van der Waals surface area contributed by atoms with Crippen LogP contribution >= 0.6 is 0 Å². The highest BCUT2D eigenvalue weighted by Gasteiger charge is 2.58. The predicted octanol–water partition coefficient (Wildman–Crippen LogP) is -4.39. The van der Waals surface area contributed by atoms with E-state index in [1.165, 1.54) is 37.6 Å². The molecule has 1 unspecified atom stereocenters. The Bertz CT molecular complexity index is 1150. The van der Waals surface area contributed by atoms with Gasteiger partial charge in [-0.2, -0.15) is 0 Å². The summed E-state index contributed by atoms with van der Waals surface area (Å²) in [5.41, 5.74) is -2.20. The summed E-state index contributed by atoms with van der Waals surface area (Å²) in [4.78, 5) is 25.0. The summed E-state index contributed by atoms with van der Waals surface area (Å²) in [5, 5.41) is 74.8. The first-order chi connectivity index (χ1) is 20.4.